The summed E-state index contributed by atoms with van der Waals surface area (Å²) < 4.78 is 5.69. The standard InChI is InChI=1S/C11H9ClN2OS/c1-15-10-3-2-7(12)6-8(10)9-4-5-13-11(16)14-9/h2-6H,1H3,(H,13,14,16). The molecule has 0 fully saturated rings. The van der Waals surface area contributed by atoms with E-state index in [9.17, 15) is 0 Å². The van der Waals surface area contributed by atoms with Gasteiger partial charge in [0.2, 0.25) is 0 Å². The smallest absolute Gasteiger partial charge is 0.197 e. The zero-order valence-corrected chi connectivity index (χ0v) is 10.1. The lowest BCUT2D eigenvalue weighted by molar-refractivity contribution is 0.416. The molecule has 2 rings (SSSR count). The molecule has 1 aromatic carbocycles. The molecule has 5 heteroatoms. The number of methoxy groups -OCH3 is 1. The van der Waals surface area contributed by atoms with Crippen LogP contribution >= 0.6 is 23.8 Å². The molecule has 0 bridgehead atoms. The zero-order chi connectivity index (χ0) is 11.5. The number of nitrogens with zero attached hydrogens (tertiary/aromatic N) is 1. The van der Waals surface area contributed by atoms with E-state index in [0.717, 1.165) is 17.0 Å². The van der Waals surface area contributed by atoms with Crippen LogP contribution in [0.1, 0.15) is 0 Å². The highest BCUT2D eigenvalue weighted by Crippen LogP contribution is 2.30. The fraction of sp³-hybridized carbons (Fsp3) is 0.0909. The third-order valence-corrected chi connectivity index (χ3v) is 2.57. The molecule has 1 heterocycles. The van der Waals surface area contributed by atoms with E-state index in [1.165, 1.54) is 0 Å². The van der Waals surface area contributed by atoms with Gasteiger partial charge in [-0.15, -0.1) is 0 Å². The van der Waals surface area contributed by atoms with Crippen LogP contribution in [0.3, 0.4) is 0 Å². The van der Waals surface area contributed by atoms with Crippen molar-refractivity contribution in [2.75, 3.05) is 7.11 Å². The quantitative estimate of drug-likeness (QED) is 0.832. The van der Waals surface area contributed by atoms with Crippen molar-refractivity contribution < 1.29 is 4.74 Å². The van der Waals surface area contributed by atoms with Crippen molar-refractivity contribution in [3.8, 4) is 17.0 Å². The van der Waals surface area contributed by atoms with Gasteiger partial charge in [0.25, 0.3) is 0 Å². The number of hydrogen-bond acceptors (Lipinski definition) is 3. The lowest BCUT2D eigenvalue weighted by atomic mass is 10.1. The highest BCUT2D eigenvalue weighted by Gasteiger charge is 2.06. The van der Waals surface area contributed by atoms with Gasteiger partial charge < -0.3 is 9.72 Å². The summed E-state index contributed by atoms with van der Waals surface area (Å²) in [4.78, 5) is 6.92. The van der Waals surface area contributed by atoms with Gasteiger partial charge in [0, 0.05) is 16.8 Å². The van der Waals surface area contributed by atoms with Gasteiger partial charge in [-0.05, 0) is 36.5 Å². The number of rotatable bonds is 2. The number of hydrogen-bond donors (Lipinski definition) is 1. The molecule has 16 heavy (non-hydrogen) atoms. The Balaban J connectivity index is 2.62. The summed E-state index contributed by atoms with van der Waals surface area (Å²) >= 11 is 10.9. The molecule has 0 spiro atoms. The first-order chi connectivity index (χ1) is 7.70. The minimum absolute atomic E-state index is 0.430. The summed E-state index contributed by atoms with van der Waals surface area (Å²) in [5.41, 5.74) is 1.70. The SMILES string of the molecule is COc1ccc(Cl)cc1-c1ccnc(=S)[nH]1. The second-order valence-corrected chi connectivity index (χ2v) is 3.96. The first-order valence-electron chi connectivity index (χ1n) is 4.60. The second kappa shape index (κ2) is 4.63. The fourth-order valence-corrected chi connectivity index (χ4v) is 1.76. The molecule has 1 N–H and O–H groups in total. The summed E-state index contributed by atoms with van der Waals surface area (Å²) in [6.07, 6.45) is 1.65. The van der Waals surface area contributed by atoms with Crippen molar-refractivity contribution in [1.29, 1.82) is 0 Å². The van der Waals surface area contributed by atoms with Gasteiger partial charge in [0.05, 0.1) is 12.8 Å². The van der Waals surface area contributed by atoms with Crippen molar-refractivity contribution >= 4 is 23.8 Å². The van der Waals surface area contributed by atoms with E-state index in [0.29, 0.717) is 9.79 Å². The molecule has 1 aromatic heterocycles. The number of H-pyrrole nitrogens is 1. The number of aromatic nitrogens is 2. The second-order valence-electron chi connectivity index (χ2n) is 3.13. The fourth-order valence-electron chi connectivity index (χ4n) is 1.42. The van der Waals surface area contributed by atoms with Crippen molar-refractivity contribution in [2.45, 2.75) is 0 Å². The average molecular weight is 253 g/mol. The molecule has 0 unspecified atom stereocenters. The maximum absolute atomic E-state index is 5.95. The summed E-state index contributed by atoms with van der Waals surface area (Å²) in [7, 11) is 1.61. The van der Waals surface area contributed by atoms with E-state index in [-0.39, 0.29) is 0 Å². The van der Waals surface area contributed by atoms with E-state index in [4.69, 9.17) is 28.6 Å². The maximum atomic E-state index is 5.95. The Kier molecular flexibility index (Phi) is 3.22. The molecule has 3 nitrogen and oxygen atoms in total. The van der Waals surface area contributed by atoms with Gasteiger partial charge in [-0.3, -0.25) is 0 Å². The highest BCUT2D eigenvalue weighted by molar-refractivity contribution is 7.71. The summed E-state index contributed by atoms with van der Waals surface area (Å²) in [6.45, 7) is 0. The molecular weight excluding hydrogens is 244 g/mol. The van der Waals surface area contributed by atoms with Crippen molar-refractivity contribution in [3.63, 3.8) is 0 Å². The molecule has 0 saturated carbocycles. The molecule has 0 radical (unpaired) electrons. The van der Waals surface area contributed by atoms with E-state index in [1.807, 2.05) is 18.2 Å². The molecule has 2 aromatic rings. The van der Waals surface area contributed by atoms with Gasteiger partial charge in [0.1, 0.15) is 5.75 Å². The van der Waals surface area contributed by atoms with E-state index in [2.05, 4.69) is 9.97 Å². The van der Waals surface area contributed by atoms with Gasteiger partial charge in [-0.1, -0.05) is 11.6 Å². The van der Waals surface area contributed by atoms with Gasteiger partial charge >= 0.3 is 0 Å². The number of benzene rings is 1. The largest absolute Gasteiger partial charge is 0.496 e. The highest BCUT2D eigenvalue weighted by atomic mass is 35.5. The van der Waals surface area contributed by atoms with Crippen LogP contribution in [0, 0.1) is 4.77 Å². The first-order valence-corrected chi connectivity index (χ1v) is 5.38. The Morgan fingerprint density at radius 1 is 1.38 bits per heavy atom. The minimum Gasteiger partial charge on any atom is -0.496 e. The molecule has 0 saturated heterocycles. The van der Waals surface area contributed by atoms with Crippen molar-refractivity contribution in [1.82, 2.24) is 9.97 Å². The predicted molar refractivity (Wildman–Crippen MR) is 66.4 cm³/mol. The Bertz CT molecular complexity index is 568. The Morgan fingerprint density at radius 3 is 2.88 bits per heavy atom. The number of halogens is 1. The zero-order valence-electron chi connectivity index (χ0n) is 8.53. The number of nitrogens with one attached hydrogen (secondary N) is 1. The monoisotopic (exact) mass is 252 g/mol. The van der Waals surface area contributed by atoms with Crippen LogP contribution < -0.4 is 4.74 Å². The van der Waals surface area contributed by atoms with Crippen LogP contribution in [0.5, 0.6) is 5.75 Å². The van der Waals surface area contributed by atoms with Gasteiger partial charge in [-0.2, -0.15) is 0 Å². The summed E-state index contributed by atoms with van der Waals surface area (Å²) in [6, 6.07) is 7.24. The van der Waals surface area contributed by atoms with Crippen molar-refractivity contribution in [2.24, 2.45) is 0 Å². The minimum atomic E-state index is 0.430. The lowest BCUT2D eigenvalue weighted by Gasteiger charge is -2.08. The van der Waals surface area contributed by atoms with Crippen LogP contribution in [-0.2, 0) is 0 Å². The molecule has 0 aliphatic carbocycles. The summed E-state index contributed by atoms with van der Waals surface area (Å²) in [5.74, 6) is 0.737. The van der Waals surface area contributed by atoms with E-state index in [1.54, 1.807) is 19.4 Å². The van der Waals surface area contributed by atoms with Crippen LogP contribution in [0.15, 0.2) is 30.5 Å². The van der Waals surface area contributed by atoms with Gasteiger partial charge in [-0.25, -0.2) is 4.98 Å². The normalized spacial score (nSPS) is 10.1. The third-order valence-electron chi connectivity index (χ3n) is 2.13. The number of aromatic amines is 1. The van der Waals surface area contributed by atoms with Crippen molar-refractivity contribution in [3.05, 3.63) is 40.3 Å². The predicted octanol–water partition coefficient (Wildman–Crippen LogP) is 3.47. The van der Waals surface area contributed by atoms with Crippen LogP contribution in [0.25, 0.3) is 11.3 Å². The number of ether oxygens (including phenoxy) is 1. The molecule has 0 amide bonds. The molecule has 0 aliphatic rings. The summed E-state index contributed by atoms with van der Waals surface area (Å²) in [5, 5.41) is 0.645. The molecule has 0 atom stereocenters. The van der Waals surface area contributed by atoms with Crippen LogP contribution in [0.4, 0.5) is 0 Å². The van der Waals surface area contributed by atoms with Crippen LogP contribution in [-0.4, -0.2) is 17.1 Å². The first kappa shape index (κ1) is 11.1. The van der Waals surface area contributed by atoms with E-state index >= 15 is 0 Å². The topological polar surface area (TPSA) is 37.9 Å². The van der Waals surface area contributed by atoms with E-state index < -0.39 is 0 Å². The molecular formula is C11H9ClN2OS. The third kappa shape index (κ3) is 2.23. The molecule has 0 aliphatic heterocycles. The average Bonchev–Trinajstić information content (AvgIpc) is 2.29. The lowest BCUT2D eigenvalue weighted by Crippen LogP contribution is -1.91. The Morgan fingerprint density at radius 2 is 2.19 bits per heavy atom. The Hall–Kier alpha value is -1.39. The maximum Gasteiger partial charge on any atom is 0.197 e. The Labute approximate surface area is 103 Å². The van der Waals surface area contributed by atoms with Crippen LogP contribution in [0.2, 0.25) is 5.02 Å². The molecule has 82 valence electrons. The van der Waals surface area contributed by atoms with Gasteiger partial charge in [0.15, 0.2) is 4.77 Å².